The van der Waals surface area contributed by atoms with Gasteiger partial charge >= 0.3 is 0 Å². The van der Waals surface area contributed by atoms with Crippen LogP contribution in [0.3, 0.4) is 0 Å². The first kappa shape index (κ1) is 16.0. The zero-order valence-electron chi connectivity index (χ0n) is 14.0. The molecule has 1 saturated heterocycles. The molecule has 1 unspecified atom stereocenters. The minimum atomic E-state index is -0.908. The Kier molecular flexibility index (Phi) is 3.68. The summed E-state index contributed by atoms with van der Waals surface area (Å²) >= 11 is 0. The van der Waals surface area contributed by atoms with Crippen LogP contribution in [0.4, 0.5) is 0 Å². The van der Waals surface area contributed by atoms with Gasteiger partial charge in [0.1, 0.15) is 6.04 Å². The van der Waals surface area contributed by atoms with Gasteiger partial charge in [0, 0.05) is 19.5 Å². The molecule has 0 saturated carbocycles. The van der Waals surface area contributed by atoms with E-state index in [1.165, 1.54) is 0 Å². The molecule has 130 valence electrons. The second-order valence-corrected chi connectivity index (χ2v) is 6.73. The highest BCUT2D eigenvalue weighted by Gasteiger charge is 2.45. The Labute approximate surface area is 145 Å². The summed E-state index contributed by atoms with van der Waals surface area (Å²) in [5.41, 5.74) is 2.90. The molecule has 4 rings (SSSR count). The van der Waals surface area contributed by atoms with E-state index in [-0.39, 0.29) is 18.7 Å². The van der Waals surface area contributed by atoms with Gasteiger partial charge in [0.05, 0.1) is 11.1 Å². The lowest BCUT2D eigenvalue weighted by atomic mass is 9.94. The van der Waals surface area contributed by atoms with Crippen molar-refractivity contribution in [3.05, 3.63) is 34.4 Å². The lowest BCUT2D eigenvalue weighted by molar-refractivity contribution is -0.136. The van der Waals surface area contributed by atoms with Gasteiger partial charge in [0.25, 0.3) is 11.8 Å². The van der Waals surface area contributed by atoms with Crippen molar-refractivity contribution in [1.82, 2.24) is 15.1 Å². The fraction of sp³-hybridized carbons (Fsp3) is 0.444. The quantitative estimate of drug-likeness (QED) is 0.790. The molecule has 0 aromatic heterocycles. The zero-order valence-corrected chi connectivity index (χ0v) is 14.0. The highest BCUT2D eigenvalue weighted by atomic mass is 16.2. The van der Waals surface area contributed by atoms with Crippen LogP contribution in [-0.2, 0) is 22.6 Å². The van der Waals surface area contributed by atoms with E-state index < -0.39 is 23.8 Å². The van der Waals surface area contributed by atoms with E-state index in [1.54, 1.807) is 6.07 Å². The van der Waals surface area contributed by atoms with Crippen LogP contribution >= 0.6 is 0 Å². The number of rotatable bonds is 2. The molecule has 7 heteroatoms. The number of benzene rings is 1. The van der Waals surface area contributed by atoms with Crippen molar-refractivity contribution in [2.24, 2.45) is 0 Å². The van der Waals surface area contributed by atoms with Gasteiger partial charge < -0.3 is 0 Å². The summed E-state index contributed by atoms with van der Waals surface area (Å²) in [5, 5.41) is 2.21. The van der Waals surface area contributed by atoms with Gasteiger partial charge in [-0.25, -0.2) is 0 Å². The van der Waals surface area contributed by atoms with Crippen LogP contribution < -0.4 is 5.32 Å². The van der Waals surface area contributed by atoms with Crippen molar-refractivity contribution in [2.45, 2.75) is 38.8 Å². The number of fused-ring (bicyclic) bond motifs is 2. The van der Waals surface area contributed by atoms with Gasteiger partial charge in [-0.15, -0.1) is 0 Å². The number of nitrogens with one attached hydrogen (secondary N) is 1. The predicted molar refractivity (Wildman–Crippen MR) is 87.8 cm³/mol. The first-order valence-corrected chi connectivity index (χ1v) is 8.59. The van der Waals surface area contributed by atoms with Crippen LogP contribution in [0.5, 0.6) is 0 Å². The fourth-order valence-corrected chi connectivity index (χ4v) is 3.85. The Morgan fingerprint density at radius 2 is 1.72 bits per heavy atom. The first-order chi connectivity index (χ1) is 12.0. The predicted octanol–water partition coefficient (Wildman–Crippen LogP) is 0.466. The molecule has 0 aliphatic carbocycles. The summed E-state index contributed by atoms with van der Waals surface area (Å²) in [6.07, 6.45) is 1.15. The molecule has 1 fully saturated rings. The van der Waals surface area contributed by atoms with Crippen molar-refractivity contribution in [3.8, 4) is 0 Å². The summed E-state index contributed by atoms with van der Waals surface area (Å²) in [4.78, 5) is 52.3. The van der Waals surface area contributed by atoms with Crippen LogP contribution in [0, 0.1) is 0 Å². The third kappa shape index (κ3) is 2.46. The average molecular weight is 341 g/mol. The Hall–Kier alpha value is -2.54. The zero-order chi connectivity index (χ0) is 17.7. The largest absolute Gasteiger partial charge is 0.299 e. The maximum Gasteiger partial charge on any atom is 0.262 e. The number of nitrogens with zero attached hydrogens (tertiary/aromatic N) is 2. The van der Waals surface area contributed by atoms with Gasteiger partial charge in [-0.2, -0.15) is 0 Å². The highest BCUT2D eigenvalue weighted by Crippen LogP contribution is 2.31. The Morgan fingerprint density at radius 3 is 2.36 bits per heavy atom. The molecule has 4 amide bonds. The van der Waals surface area contributed by atoms with E-state index in [2.05, 4.69) is 17.1 Å². The standard InChI is InChI=1S/C18H19N3O4/c1-2-20-6-5-10-7-12-13(8-11(10)9-20)18(25)21(17(12)24)14-3-4-15(22)19-16(14)23/h7-8,14H,2-6,9H2,1H3,(H,19,22,23). The maximum absolute atomic E-state index is 12.8. The molecule has 3 aliphatic heterocycles. The SMILES string of the molecule is CCN1CCc2cc3c(cc2C1)C(=O)N(C1CCC(=O)NC1=O)C3=O. The van der Waals surface area contributed by atoms with Crippen molar-refractivity contribution in [2.75, 3.05) is 13.1 Å². The van der Waals surface area contributed by atoms with Crippen molar-refractivity contribution >= 4 is 23.6 Å². The van der Waals surface area contributed by atoms with Crippen LogP contribution in [0.15, 0.2) is 12.1 Å². The molecular formula is C18H19N3O4. The molecule has 1 atom stereocenters. The molecule has 3 aliphatic rings. The highest BCUT2D eigenvalue weighted by molar-refractivity contribution is 6.23. The number of likely N-dealkylation sites (N-methyl/N-ethyl adjacent to an activating group) is 1. The number of amides is 4. The Balaban J connectivity index is 1.68. The third-order valence-electron chi connectivity index (χ3n) is 5.30. The molecule has 1 aromatic carbocycles. The summed E-state index contributed by atoms with van der Waals surface area (Å²) in [6, 6.07) is 2.71. The molecule has 1 aromatic rings. The van der Waals surface area contributed by atoms with Gasteiger partial charge in [-0.05, 0) is 42.6 Å². The van der Waals surface area contributed by atoms with Crippen molar-refractivity contribution in [3.63, 3.8) is 0 Å². The molecule has 7 nitrogen and oxygen atoms in total. The van der Waals surface area contributed by atoms with Crippen LogP contribution in [0.1, 0.15) is 51.6 Å². The first-order valence-electron chi connectivity index (χ1n) is 8.59. The van der Waals surface area contributed by atoms with Gasteiger partial charge in [0.15, 0.2) is 0 Å². The topological polar surface area (TPSA) is 86.8 Å². The Morgan fingerprint density at radius 1 is 1.04 bits per heavy atom. The second-order valence-electron chi connectivity index (χ2n) is 6.73. The van der Waals surface area contributed by atoms with Gasteiger partial charge in [0.2, 0.25) is 11.8 Å². The minimum Gasteiger partial charge on any atom is -0.299 e. The number of carbonyl (C=O) groups is 4. The molecule has 0 radical (unpaired) electrons. The van der Waals surface area contributed by atoms with Crippen molar-refractivity contribution in [1.29, 1.82) is 0 Å². The number of carbonyl (C=O) groups excluding carboxylic acids is 4. The second kappa shape index (κ2) is 5.77. The number of piperidine rings is 1. The molecule has 0 bridgehead atoms. The van der Waals surface area contributed by atoms with E-state index in [0.717, 1.165) is 42.1 Å². The number of hydrogen-bond acceptors (Lipinski definition) is 5. The van der Waals surface area contributed by atoms with E-state index in [9.17, 15) is 19.2 Å². The van der Waals surface area contributed by atoms with Crippen LogP contribution in [0.25, 0.3) is 0 Å². The van der Waals surface area contributed by atoms with Crippen molar-refractivity contribution < 1.29 is 19.2 Å². The smallest absolute Gasteiger partial charge is 0.262 e. The van der Waals surface area contributed by atoms with Crippen LogP contribution in [0.2, 0.25) is 0 Å². The third-order valence-corrected chi connectivity index (χ3v) is 5.30. The van der Waals surface area contributed by atoms with E-state index in [0.29, 0.717) is 11.1 Å². The maximum atomic E-state index is 12.8. The molecule has 3 heterocycles. The summed E-state index contributed by atoms with van der Waals surface area (Å²) in [5.74, 6) is -1.82. The summed E-state index contributed by atoms with van der Waals surface area (Å²) in [6.45, 7) is 4.73. The molecular weight excluding hydrogens is 322 g/mol. The average Bonchev–Trinajstić information content (AvgIpc) is 2.84. The monoisotopic (exact) mass is 341 g/mol. The van der Waals surface area contributed by atoms with Gasteiger partial charge in [-0.3, -0.25) is 34.3 Å². The number of imide groups is 2. The Bertz CT molecular complexity index is 817. The minimum absolute atomic E-state index is 0.131. The molecule has 0 spiro atoms. The van der Waals surface area contributed by atoms with Crippen LogP contribution in [-0.4, -0.2) is 52.6 Å². The molecule has 1 N–H and O–H groups in total. The van der Waals surface area contributed by atoms with E-state index in [1.807, 2.05) is 6.07 Å². The lowest BCUT2D eigenvalue weighted by Gasteiger charge is -2.27. The summed E-state index contributed by atoms with van der Waals surface area (Å²) in [7, 11) is 0. The lowest BCUT2D eigenvalue weighted by Crippen LogP contribution is -2.54. The number of hydrogen-bond donors (Lipinski definition) is 1. The normalized spacial score (nSPS) is 23.6. The fourth-order valence-electron chi connectivity index (χ4n) is 3.85. The van der Waals surface area contributed by atoms with Gasteiger partial charge in [-0.1, -0.05) is 6.92 Å². The summed E-state index contributed by atoms with van der Waals surface area (Å²) < 4.78 is 0. The molecule has 25 heavy (non-hydrogen) atoms. The van der Waals surface area contributed by atoms with E-state index >= 15 is 0 Å². The van der Waals surface area contributed by atoms with E-state index in [4.69, 9.17) is 0 Å².